The SMILES string of the molecule is CCc1nc2cnc(-c3ccc(F)c(C(F)(F)F)c3)cn2c1-c1c(F)cc(C)cc1F. The van der Waals surface area contributed by atoms with E-state index in [1.54, 1.807) is 13.8 Å². The first-order chi connectivity index (χ1) is 14.6. The van der Waals surface area contributed by atoms with E-state index in [0.717, 1.165) is 6.07 Å². The second-order valence-corrected chi connectivity index (χ2v) is 7.06. The summed E-state index contributed by atoms with van der Waals surface area (Å²) in [6.07, 6.45) is -1.90. The molecule has 0 bridgehead atoms. The van der Waals surface area contributed by atoms with Crippen LogP contribution in [0.1, 0.15) is 23.7 Å². The highest BCUT2D eigenvalue weighted by atomic mass is 19.4. The molecule has 0 N–H and O–H groups in total. The second-order valence-electron chi connectivity index (χ2n) is 7.06. The fourth-order valence-electron chi connectivity index (χ4n) is 3.49. The number of alkyl halides is 3. The van der Waals surface area contributed by atoms with Crippen LogP contribution in [0.4, 0.5) is 26.3 Å². The number of imidazole rings is 1. The van der Waals surface area contributed by atoms with Gasteiger partial charge in [0, 0.05) is 11.8 Å². The molecule has 0 saturated heterocycles. The third-order valence-electron chi connectivity index (χ3n) is 4.91. The Labute approximate surface area is 173 Å². The molecule has 3 nitrogen and oxygen atoms in total. The van der Waals surface area contributed by atoms with Crippen molar-refractivity contribution in [2.75, 3.05) is 0 Å². The van der Waals surface area contributed by atoms with Gasteiger partial charge in [-0.15, -0.1) is 0 Å². The fourth-order valence-corrected chi connectivity index (χ4v) is 3.49. The van der Waals surface area contributed by atoms with Crippen molar-refractivity contribution in [3.8, 4) is 22.5 Å². The molecule has 2 heterocycles. The summed E-state index contributed by atoms with van der Waals surface area (Å²) in [5.41, 5.74) is -0.438. The van der Waals surface area contributed by atoms with Crippen molar-refractivity contribution in [3.63, 3.8) is 0 Å². The molecule has 4 aromatic rings. The molecule has 160 valence electrons. The van der Waals surface area contributed by atoms with E-state index in [-0.39, 0.29) is 28.2 Å². The van der Waals surface area contributed by atoms with Gasteiger partial charge >= 0.3 is 6.18 Å². The standard InChI is InChI=1S/C22H15F6N3/c1-3-17-21(20-15(24)6-11(2)7-16(20)25)31-10-18(29-9-19(31)30-17)12-4-5-14(23)13(8-12)22(26,27)28/h4-10H,3H2,1-2H3. The quantitative estimate of drug-likeness (QED) is 0.350. The molecule has 0 unspecified atom stereocenters. The molecule has 0 atom stereocenters. The number of benzene rings is 2. The lowest BCUT2D eigenvalue weighted by molar-refractivity contribution is -0.139. The van der Waals surface area contributed by atoms with E-state index in [0.29, 0.717) is 29.8 Å². The van der Waals surface area contributed by atoms with E-state index < -0.39 is 29.2 Å². The number of halogens is 6. The molecule has 0 radical (unpaired) electrons. The molecule has 0 saturated carbocycles. The van der Waals surface area contributed by atoms with E-state index in [9.17, 15) is 26.3 Å². The molecule has 2 aromatic carbocycles. The summed E-state index contributed by atoms with van der Waals surface area (Å²) in [7, 11) is 0. The summed E-state index contributed by atoms with van der Waals surface area (Å²) in [4.78, 5) is 8.46. The molecular weight excluding hydrogens is 420 g/mol. The molecular formula is C22H15F6N3. The van der Waals surface area contributed by atoms with E-state index in [4.69, 9.17) is 0 Å². The molecule has 9 heteroatoms. The minimum absolute atomic E-state index is 0.00169. The second kappa shape index (κ2) is 7.40. The number of hydrogen-bond acceptors (Lipinski definition) is 2. The van der Waals surface area contributed by atoms with E-state index in [2.05, 4.69) is 9.97 Å². The first kappa shape index (κ1) is 20.9. The first-order valence-electron chi connectivity index (χ1n) is 9.30. The highest BCUT2D eigenvalue weighted by Gasteiger charge is 2.34. The Balaban J connectivity index is 1.97. The molecule has 0 fully saturated rings. The van der Waals surface area contributed by atoms with Gasteiger partial charge < -0.3 is 0 Å². The molecule has 4 rings (SSSR count). The summed E-state index contributed by atoms with van der Waals surface area (Å²) < 4.78 is 83.7. The predicted octanol–water partition coefficient (Wildman–Crippen LogP) is 6.37. The van der Waals surface area contributed by atoms with Crippen molar-refractivity contribution in [1.29, 1.82) is 0 Å². The van der Waals surface area contributed by atoms with Crippen molar-refractivity contribution in [3.05, 3.63) is 77.0 Å². The Morgan fingerprint density at radius 1 is 0.968 bits per heavy atom. The van der Waals surface area contributed by atoms with Crippen molar-refractivity contribution in [2.24, 2.45) is 0 Å². The summed E-state index contributed by atoms with van der Waals surface area (Å²) in [5.74, 6) is -2.97. The van der Waals surface area contributed by atoms with Crippen LogP contribution in [0.15, 0.2) is 42.7 Å². The highest BCUT2D eigenvalue weighted by molar-refractivity contribution is 5.70. The average molecular weight is 435 g/mol. The van der Waals surface area contributed by atoms with Gasteiger partial charge in [-0.3, -0.25) is 9.38 Å². The van der Waals surface area contributed by atoms with Gasteiger partial charge in [-0.1, -0.05) is 6.92 Å². The van der Waals surface area contributed by atoms with Gasteiger partial charge in [-0.25, -0.2) is 18.2 Å². The van der Waals surface area contributed by atoms with Crippen LogP contribution in [0.25, 0.3) is 28.2 Å². The Hall–Kier alpha value is -3.36. The van der Waals surface area contributed by atoms with Crippen molar-refractivity contribution < 1.29 is 26.3 Å². The molecule has 2 aromatic heterocycles. The topological polar surface area (TPSA) is 30.2 Å². The van der Waals surface area contributed by atoms with Gasteiger partial charge in [0.2, 0.25) is 0 Å². The third kappa shape index (κ3) is 3.64. The molecule has 31 heavy (non-hydrogen) atoms. The number of hydrogen-bond donors (Lipinski definition) is 0. The minimum atomic E-state index is -4.88. The van der Waals surface area contributed by atoms with Crippen LogP contribution >= 0.6 is 0 Å². The van der Waals surface area contributed by atoms with Crippen molar-refractivity contribution in [2.45, 2.75) is 26.4 Å². The highest BCUT2D eigenvalue weighted by Crippen LogP contribution is 2.35. The Morgan fingerprint density at radius 3 is 2.26 bits per heavy atom. The molecule has 0 amide bonds. The largest absolute Gasteiger partial charge is 0.419 e. The van der Waals surface area contributed by atoms with Crippen molar-refractivity contribution in [1.82, 2.24) is 14.4 Å². The molecule has 0 aliphatic heterocycles. The van der Waals surface area contributed by atoms with Crippen LogP contribution in [0.3, 0.4) is 0 Å². The lowest BCUT2D eigenvalue weighted by Crippen LogP contribution is -2.08. The monoisotopic (exact) mass is 435 g/mol. The Morgan fingerprint density at radius 2 is 1.65 bits per heavy atom. The van der Waals surface area contributed by atoms with Crippen LogP contribution < -0.4 is 0 Å². The zero-order chi connectivity index (χ0) is 22.5. The molecule has 0 spiro atoms. The summed E-state index contributed by atoms with van der Waals surface area (Å²) >= 11 is 0. The fraction of sp³-hybridized carbons (Fsp3) is 0.182. The Kier molecular flexibility index (Phi) is 4.99. The van der Waals surface area contributed by atoms with E-state index >= 15 is 0 Å². The summed E-state index contributed by atoms with van der Waals surface area (Å²) in [6.45, 7) is 3.32. The van der Waals surface area contributed by atoms with Crippen LogP contribution in [0, 0.1) is 24.4 Å². The zero-order valence-electron chi connectivity index (χ0n) is 16.4. The average Bonchev–Trinajstić information content (AvgIpc) is 3.04. The normalized spacial score (nSPS) is 12.0. The molecule has 0 aliphatic rings. The van der Waals surface area contributed by atoms with Crippen LogP contribution in [-0.4, -0.2) is 14.4 Å². The summed E-state index contributed by atoms with van der Waals surface area (Å²) in [5, 5.41) is 0. The maximum atomic E-state index is 14.7. The first-order valence-corrected chi connectivity index (χ1v) is 9.30. The maximum Gasteiger partial charge on any atom is 0.419 e. The van der Waals surface area contributed by atoms with Gasteiger partial charge in [-0.2, -0.15) is 13.2 Å². The third-order valence-corrected chi connectivity index (χ3v) is 4.91. The molecule has 0 aliphatic carbocycles. The van der Waals surface area contributed by atoms with Gasteiger partial charge in [0.05, 0.1) is 34.4 Å². The minimum Gasteiger partial charge on any atom is -0.296 e. The lowest BCUT2D eigenvalue weighted by atomic mass is 10.0. The van der Waals surface area contributed by atoms with E-state index in [1.165, 1.54) is 28.9 Å². The number of rotatable bonds is 3. The van der Waals surface area contributed by atoms with Crippen LogP contribution in [-0.2, 0) is 12.6 Å². The smallest absolute Gasteiger partial charge is 0.296 e. The predicted molar refractivity (Wildman–Crippen MR) is 103 cm³/mol. The van der Waals surface area contributed by atoms with Gasteiger partial charge in [0.1, 0.15) is 17.5 Å². The van der Waals surface area contributed by atoms with Gasteiger partial charge in [0.15, 0.2) is 5.65 Å². The van der Waals surface area contributed by atoms with Crippen LogP contribution in [0.2, 0.25) is 0 Å². The van der Waals surface area contributed by atoms with Gasteiger partial charge in [0.25, 0.3) is 0 Å². The maximum absolute atomic E-state index is 14.7. The lowest BCUT2D eigenvalue weighted by Gasteiger charge is -2.11. The zero-order valence-corrected chi connectivity index (χ0v) is 16.4. The van der Waals surface area contributed by atoms with Gasteiger partial charge in [-0.05, 0) is 49.2 Å². The number of fused-ring (bicyclic) bond motifs is 1. The van der Waals surface area contributed by atoms with E-state index in [1.807, 2.05) is 0 Å². The van der Waals surface area contributed by atoms with Crippen molar-refractivity contribution >= 4 is 5.65 Å². The number of aromatic nitrogens is 3. The Bertz CT molecular complexity index is 1280. The number of nitrogens with zero attached hydrogens (tertiary/aromatic N) is 3. The number of aryl methyl sites for hydroxylation is 2. The summed E-state index contributed by atoms with van der Waals surface area (Å²) in [6, 6.07) is 4.89. The van der Waals surface area contributed by atoms with Crippen LogP contribution in [0.5, 0.6) is 0 Å².